The second kappa shape index (κ2) is 7.64. The van der Waals surface area contributed by atoms with Gasteiger partial charge >= 0.3 is 13.5 Å². The van der Waals surface area contributed by atoms with E-state index < -0.39 is 7.52 Å². The molecular weight excluding hydrogens is 367 g/mol. The maximum atomic E-state index is 13.7. The summed E-state index contributed by atoms with van der Waals surface area (Å²) in [5.74, 6) is -0.648. The average Bonchev–Trinajstić information content (AvgIpc) is 3.03. The minimum atomic E-state index is -3.12. The number of carbonyl (C=O) groups is 1. The lowest BCUT2D eigenvalue weighted by atomic mass is 9.89. The molecule has 4 aliphatic rings. The van der Waals surface area contributed by atoms with E-state index in [1.807, 2.05) is 35.0 Å². The van der Waals surface area contributed by atoms with Crippen LogP contribution in [0.1, 0.15) is 32.1 Å². The number of nitrogens with zero attached hydrogens (tertiary/aromatic N) is 4. The Labute approximate surface area is 158 Å². The highest BCUT2D eigenvalue weighted by molar-refractivity contribution is 7.64. The van der Waals surface area contributed by atoms with Crippen molar-refractivity contribution in [2.75, 3.05) is 13.2 Å². The standard InChI is InChI=1S/C18H23N4O4P/c19-21-20-10-4-5-11-25-18(23)17-15-9-8-13-12-16(17)26-27(24,22(13)15)14-6-2-1-3-7-14/h1-3,6-7,13,15-17H,4-5,8-12H2/t13?,15?,16?,17?,27-/m0/s1. The molecule has 1 aromatic carbocycles. The molecule has 6 atom stereocenters. The molecule has 4 saturated heterocycles. The summed E-state index contributed by atoms with van der Waals surface area (Å²) in [5.41, 5.74) is 8.26. The van der Waals surface area contributed by atoms with Crippen molar-refractivity contribution in [1.82, 2.24) is 4.67 Å². The van der Waals surface area contributed by atoms with Gasteiger partial charge in [0.1, 0.15) is 0 Å². The van der Waals surface area contributed by atoms with Crippen LogP contribution >= 0.6 is 7.52 Å². The summed E-state index contributed by atoms with van der Waals surface area (Å²) in [6, 6.07) is 9.45. The molecule has 5 unspecified atom stereocenters. The van der Waals surface area contributed by atoms with Crippen molar-refractivity contribution in [3.63, 3.8) is 0 Å². The maximum Gasteiger partial charge on any atom is 0.313 e. The molecular formula is C18H23N4O4P. The molecule has 8 nitrogen and oxygen atoms in total. The number of ether oxygens (including phenoxy) is 1. The molecule has 5 rings (SSSR count). The van der Waals surface area contributed by atoms with Crippen molar-refractivity contribution in [3.05, 3.63) is 40.8 Å². The summed E-state index contributed by atoms with van der Waals surface area (Å²) in [5, 5.41) is 4.17. The fourth-order valence-corrected chi connectivity index (χ4v) is 7.53. The van der Waals surface area contributed by atoms with Crippen molar-refractivity contribution in [1.29, 1.82) is 0 Å². The Bertz CT molecular complexity index is 798. The van der Waals surface area contributed by atoms with E-state index in [2.05, 4.69) is 10.0 Å². The fraction of sp³-hybridized carbons (Fsp3) is 0.611. The van der Waals surface area contributed by atoms with Crippen LogP contribution in [0, 0.1) is 5.92 Å². The third-order valence-electron chi connectivity index (χ3n) is 5.73. The highest BCUT2D eigenvalue weighted by Gasteiger charge is 2.63. The first-order valence-electron chi connectivity index (χ1n) is 9.45. The van der Waals surface area contributed by atoms with E-state index in [1.165, 1.54) is 0 Å². The van der Waals surface area contributed by atoms with Crippen molar-refractivity contribution in [2.24, 2.45) is 11.0 Å². The van der Waals surface area contributed by atoms with E-state index in [1.54, 1.807) is 0 Å². The van der Waals surface area contributed by atoms with Gasteiger partial charge in [0.2, 0.25) is 0 Å². The summed E-state index contributed by atoms with van der Waals surface area (Å²) in [4.78, 5) is 15.4. The molecule has 4 heterocycles. The zero-order valence-corrected chi connectivity index (χ0v) is 15.9. The van der Waals surface area contributed by atoms with Crippen molar-refractivity contribution < 1.29 is 18.6 Å². The number of hydrogen-bond donors (Lipinski definition) is 0. The highest BCUT2D eigenvalue weighted by atomic mass is 31.2. The molecule has 27 heavy (non-hydrogen) atoms. The van der Waals surface area contributed by atoms with Crippen LogP contribution in [0.15, 0.2) is 35.4 Å². The molecule has 1 aromatic rings. The number of azide groups is 1. The second-order valence-electron chi connectivity index (χ2n) is 7.27. The molecule has 0 saturated carbocycles. The molecule has 9 heteroatoms. The monoisotopic (exact) mass is 390 g/mol. The lowest BCUT2D eigenvalue weighted by Crippen LogP contribution is -2.59. The van der Waals surface area contributed by atoms with Crippen molar-refractivity contribution in [3.8, 4) is 0 Å². The quantitative estimate of drug-likeness (QED) is 0.177. The largest absolute Gasteiger partial charge is 0.465 e. The van der Waals surface area contributed by atoms with Crippen molar-refractivity contribution >= 4 is 18.8 Å². The number of piperidine rings is 1. The van der Waals surface area contributed by atoms with E-state index in [9.17, 15) is 9.36 Å². The summed E-state index contributed by atoms with van der Waals surface area (Å²) in [7, 11) is -3.12. The zero-order chi connectivity index (χ0) is 18.9. The van der Waals surface area contributed by atoms with Crippen LogP contribution in [0.4, 0.5) is 0 Å². The topological polar surface area (TPSA) is 105 Å². The minimum Gasteiger partial charge on any atom is -0.465 e. The molecule has 4 aliphatic heterocycles. The molecule has 0 aromatic heterocycles. The Morgan fingerprint density at radius 2 is 2.15 bits per heavy atom. The Morgan fingerprint density at radius 3 is 2.93 bits per heavy atom. The average molecular weight is 390 g/mol. The van der Waals surface area contributed by atoms with Gasteiger partial charge in [-0.25, -0.2) is 4.67 Å². The van der Waals surface area contributed by atoms with Crippen LogP contribution in [-0.2, 0) is 18.6 Å². The Hall–Kier alpha value is -1.85. The van der Waals surface area contributed by atoms with Gasteiger partial charge in [0.15, 0.2) is 0 Å². The SMILES string of the molecule is [N-]=[N+]=NCCCCOC(=O)C1C2CC3CCC1N3[P@](=O)(c1ccccc1)O2. The van der Waals surface area contributed by atoms with E-state index in [4.69, 9.17) is 14.8 Å². The maximum absolute atomic E-state index is 13.7. The number of rotatable bonds is 7. The molecule has 0 amide bonds. The first-order valence-corrected chi connectivity index (χ1v) is 11.0. The van der Waals surface area contributed by atoms with Crippen LogP contribution in [0.2, 0.25) is 0 Å². The number of carbonyl (C=O) groups excluding carboxylic acids is 1. The number of fused-ring (bicyclic) bond motifs is 1. The van der Waals surface area contributed by atoms with Crippen LogP contribution in [-0.4, -0.2) is 42.0 Å². The first-order chi connectivity index (χ1) is 13.1. The highest BCUT2D eigenvalue weighted by Crippen LogP contribution is 2.66. The Balaban J connectivity index is 1.45. The molecule has 4 fully saturated rings. The van der Waals surface area contributed by atoms with E-state index >= 15 is 0 Å². The third-order valence-corrected chi connectivity index (χ3v) is 8.46. The van der Waals surface area contributed by atoms with Crippen LogP contribution in [0.3, 0.4) is 0 Å². The van der Waals surface area contributed by atoms with Gasteiger partial charge in [-0.2, -0.15) is 0 Å². The predicted octanol–water partition coefficient (Wildman–Crippen LogP) is 3.39. The number of unbranched alkanes of at least 4 members (excludes halogenated alkanes) is 1. The van der Waals surface area contributed by atoms with Crippen LogP contribution in [0.25, 0.3) is 10.4 Å². The summed E-state index contributed by atoms with van der Waals surface area (Å²) >= 11 is 0. The smallest absolute Gasteiger partial charge is 0.313 e. The van der Waals surface area contributed by atoms with Gasteiger partial charge in [0.05, 0.1) is 23.9 Å². The lowest BCUT2D eigenvalue weighted by molar-refractivity contribution is -0.159. The van der Waals surface area contributed by atoms with Gasteiger partial charge in [-0.15, -0.1) is 0 Å². The normalized spacial score (nSPS) is 36.2. The second-order valence-corrected chi connectivity index (χ2v) is 9.50. The number of benzene rings is 1. The molecule has 0 radical (unpaired) electrons. The summed E-state index contributed by atoms with van der Waals surface area (Å²) in [6.45, 7) is 0.705. The third kappa shape index (κ3) is 3.27. The Kier molecular flexibility index (Phi) is 5.24. The van der Waals surface area contributed by atoms with E-state index in [0.29, 0.717) is 31.3 Å². The molecule has 0 N–H and O–H groups in total. The van der Waals surface area contributed by atoms with Gasteiger partial charge in [0.25, 0.3) is 0 Å². The zero-order valence-electron chi connectivity index (χ0n) is 15.0. The van der Waals surface area contributed by atoms with Gasteiger partial charge in [-0.3, -0.25) is 9.36 Å². The molecule has 144 valence electrons. The summed E-state index contributed by atoms with van der Waals surface area (Å²) < 4.78 is 27.2. The van der Waals surface area contributed by atoms with Crippen LogP contribution < -0.4 is 5.30 Å². The van der Waals surface area contributed by atoms with Gasteiger partial charge in [-0.05, 0) is 49.8 Å². The van der Waals surface area contributed by atoms with Gasteiger partial charge in [-0.1, -0.05) is 23.3 Å². The first kappa shape index (κ1) is 18.5. The Morgan fingerprint density at radius 1 is 1.33 bits per heavy atom. The number of esters is 1. The van der Waals surface area contributed by atoms with Crippen molar-refractivity contribution in [2.45, 2.75) is 50.3 Å². The van der Waals surface area contributed by atoms with E-state index in [-0.39, 0.29) is 30.1 Å². The molecule has 0 spiro atoms. The van der Waals surface area contributed by atoms with Gasteiger partial charge in [0, 0.05) is 23.5 Å². The number of hydrogen-bond acceptors (Lipinski definition) is 5. The van der Waals surface area contributed by atoms with Crippen LogP contribution in [0.5, 0.6) is 0 Å². The fourth-order valence-electron chi connectivity index (χ4n) is 4.61. The molecule has 0 aliphatic carbocycles. The predicted molar refractivity (Wildman–Crippen MR) is 99.5 cm³/mol. The summed E-state index contributed by atoms with van der Waals surface area (Å²) in [6.07, 6.45) is 3.50. The van der Waals surface area contributed by atoms with E-state index in [0.717, 1.165) is 19.3 Å². The lowest BCUT2D eigenvalue weighted by Gasteiger charge is -2.52. The molecule has 4 bridgehead atoms. The van der Waals surface area contributed by atoms with Gasteiger partial charge < -0.3 is 9.26 Å². The minimum absolute atomic E-state index is 0.0794.